The molecule has 3 N–H and O–H groups in total. The number of anilines is 1. The number of carbonyl (C=O) groups excluding carboxylic acids is 1. The Morgan fingerprint density at radius 2 is 2.19 bits per heavy atom. The monoisotopic (exact) mass is 437 g/mol. The Balaban J connectivity index is 1.70. The third kappa shape index (κ3) is 3.70. The lowest BCUT2D eigenvalue weighted by molar-refractivity contribution is -0.121. The van der Waals surface area contributed by atoms with Crippen LogP contribution < -0.4 is 16.0 Å². The van der Waals surface area contributed by atoms with Crippen molar-refractivity contribution in [3.8, 4) is 11.4 Å². The molecule has 1 amide bonds. The van der Waals surface area contributed by atoms with Gasteiger partial charge in [-0.3, -0.25) is 9.48 Å². The summed E-state index contributed by atoms with van der Waals surface area (Å²) in [5.74, 6) is 1.90. The van der Waals surface area contributed by atoms with Gasteiger partial charge < -0.3 is 16.0 Å². The van der Waals surface area contributed by atoms with E-state index in [0.717, 1.165) is 33.7 Å². The molecule has 0 aliphatic carbocycles. The summed E-state index contributed by atoms with van der Waals surface area (Å²) < 4.78 is 3.40. The van der Waals surface area contributed by atoms with Crippen molar-refractivity contribution in [3.63, 3.8) is 0 Å². The van der Waals surface area contributed by atoms with Gasteiger partial charge in [0.05, 0.1) is 17.3 Å². The first-order valence-electron chi connectivity index (χ1n) is 10.2. The van der Waals surface area contributed by atoms with E-state index in [1.807, 2.05) is 25.4 Å². The number of hydrogen-bond acceptors (Lipinski definition) is 8. The van der Waals surface area contributed by atoms with Gasteiger partial charge in [-0.1, -0.05) is 13.0 Å². The average Bonchev–Trinajstić information content (AvgIpc) is 3.34. The molecule has 10 nitrogen and oxygen atoms in total. The summed E-state index contributed by atoms with van der Waals surface area (Å²) in [6.45, 7) is 3.95. The van der Waals surface area contributed by atoms with Crippen molar-refractivity contribution < 1.29 is 4.79 Å². The third-order valence-corrected chi connectivity index (χ3v) is 6.03. The highest BCUT2D eigenvalue weighted by Crippen LogP contribution is 2.31. The highest BCUT2D eigenvalue weighted by Gasteiger charge is 2.24. The van der Waals surface area contributed by atoms with E-state index in [1.165, 1.54) is 0 Å². The smallest absolute Gasteiger partial charge is 0.243 e. The Kier molecular flexibility index (Phi) is 5.20. The number of thioether (sulfide) groups is 1. The molecule has 0 unspecified atom stereocenters. The standard InChI is InChI=1S/C20H23N9OS/c1-3-31-15-6-4-5-13-16(15)25-20(24-14-10-21-7-8-22-19(14)30)29-18(13)26-17(27-29)12-9-23-28(2)11-12/h4-6,9,11,14,21H,3,7-8,10H2,1-2H3,(H,22,30)(H,24,25)/t14-/m1/s1. The zero-order chi connectivity index (χ0) is 21.4. The number of aryl methyl sites for hydroxylation is 1. The van der Waals surface area contributed by atoms with E-state index in [4.69, 9.17) is 15.1 Å². The number of rotatable bonds is 5. The second kappa shape index (κ2) is 8.16. The van der Waals surface area contributed by atoms with E-state index in [1.54, 1.807) is 27.2 Å². The SMILES string of the molecule is CCSc1cccc2c1nc(N[C@@H]1CNCCNC1=O)n1nc(-c3cnn(C)c3)nc21. The molecule has 5 rings (SSSR count). The van der Waals surface area contributed by atoms with Crippen LogP contribution in [0.25, 0.3) is 27.9 Å². The molecule has 1 aromatic carbocycles. The molecule has 0 saturated carbocycles. The summed E-state index contributed by atoms with van der Waals surface area (Å²) in [6, 6.07) is 5.61. The van der Waals surface area contributed by atoms with Gasteiger partial charge >= 0.3 is 0 Å². The van der Waals surface area contributed by atoms with Crippen molar-refractivity contribution in [1.29, 1.82) is 0 Å². The second-order valence-electron chi connectivity index (χ2n) is 7.29. The average molecular weight is 438 g/mol. The van der Waals surface area contributed by atoms with Crippen molar-refractivity contribution in [3.05, 3.63) is 30.6 Å². The molecule has 31 heavy (non-hydrogen) atoms. The van der Waals surface area contributed by atoms with Crippen LogP contribution in [0.5, 0.6) is 0 Å². The van der Waals surface area contributed by atoms with Crippen LogP contribution in [-0.2, 0) is 11.8 Å². The molecule has 1 atom stereocenters. The number of nitrogens with zero attached hydrogens (tertiary/aromatic N) is 6. The minimum atomic E-state index is -0.465. The maximum atomic E-state index is 12.5. The largest absolute Gasteiger partial charge is 0.353 e. The molecule has 11 heteroatoms. The first kappa shape index (κ1) is 19.8. The van der Waals surface area contributed by atoms with Crippen LogP contribution in [0, 0.1) is 0 Å². The number of carbonyl (C=O) groups is 1. The predicted octanol–water partition coefficient (Wildman–Crippen LogP) is 1.29. The molecule has 0 bridgehead atoms. The number of amides is 1. The molecule has 0 spiro atoms. The van der Waals surface area contributed by atoms with E-state index in [-0.39, 0.29) is 5.91 Å². The van der Waals surface area contributed by atoms with Gasteiger partial charge in [0.15, 0.2) is 11.5 Å². The van der Waals surface area contributed by atoms with Crippen molar-refractivity contribution >= 4 is 40.2 Å². The summed E-state index contributed by atoms with van der Waals surface area (Å²) in [6.07, 6.45) is 3.61. The van der Waals surface area contributed by atoms with Gasteiger partial charge in [0.2, 0.25) is 11.9 Å². The Bertz CT molecular complexity index is 1260. The van der Waals surface area contributed by atoms with E-state index in [2.05, 4.69) is 34.0 Å². The zero-order valence-corrected chi connectivity index (χ0v) is 18.1. The van der Waals surface area contributed by atoms with E-state index >= 15 is 0 Å². The topological polar surface area (TPSA) is 114 Å². The fraction of sp³-hybridized carbons (Fsp3) is 0.350. The van der Waals surface area contributed by atoms with Crippen molar-refractivity contribution in [2.45, 2.75) is 17.9 Å². The number of hydrogen-bond donors (Lipinski definition) is 3. The van der Waals surface area contributed by atoms with Crippen LogP contribution in [0.4, 0.5) is 5.95 Å². The van der Waals surface area contributed by atoms with E-state index < -0.39 is 6.04 Å². The summed E-state index contributed by atoms with van der Waals surface area (Å²) >= 11 is 1.73. The number of fused-ring (bicyclic) bond motifs is 3. The van der Waals surface area contributed by atoms with Crippen LogP contribution in [0.3, 0.4) is 0 Å². The van der Waals surface area contributed by atoms with Gasteiger partial charge in [0.25, 0.3) is 0 Å². The number of para-hydroxylation sites is 1. The highest BCUT2D eigenvalue weighted by atomic mass is 32.2. The highest BCUT2D eigenvalue weighted by molar-refractivity contribution is 7.99. The van der Waals surface area contributed by atoms with Crippen molar-refractivity contribution in [1.82, 2.24) is 40.0 Å². The Labute approximate surface area is 182 Å². The summed E-state index contributed by atoms with van der Waals surface area (Å²) in [5.41, 5.74) is 2.35. The number of benzene rings is 1. The first-order chi connectivity index (χ1) is 15.1. The van der Waals surface area contributed by atoms with Crippen molar-refractivity contribution in [2.75, 3.05) is 30.7 Å². The second-order valence-corrected chi connectivity index (χ2v) is 8.59. The minimum Gasteiger partial charge on any atom is -0.353 e. The molecule has 1 saturated heterocycles. The lowest BCUT2D eigenvalue weighted by Gasteiger charge is -2.17. The molecular weight excluding hydrogens is 414 g/mol. The van der Waals surface area contributed by atoms with Crippen LogP contribution in [-0.4, -0.2) is 66.7 Å². The minimum absolute atomic E-state index is 0.0659. The molecule has 4 heterocycles. The van der Waals surface area contributed by atoms with Gasteiger partial charge in [-0.2, -0.15) is 9.61 Å². The fourth-order valence-corrected chi connectivity index (χ4v) is 4.42. The number of aromatic nitrogens is 6. The fourth-order valence-electron chi connectivity index (χ4n) is 3.64. The van der Waals surface area contributed by atoms with Gasteiger partial charge in [-0.05, 0) is 17.9 Å². The van der Waals surface area contributed by atoms with Gasteiger partial charge in [0.1, 0.15) is 6.04 Å². The lowest BCUT2D eigenvalue weighted by atomic mass is 10.2. The van der Waals surface area contributed by atoms with E-state index in [9.17, 15) is 4.79 Å². The Morgan fingerprint density at radius 1 is 1.29 bits per heavy atom. The summed E-state index contributed by atoms with van der Waals surface area (Å²) in [4.78, 5) is 23.3. The third-order valence-electron chi connectivity index (χ3n) is 5.10. The molecule has 4 aromatic rings. The molecular formula is C20H23N9OS. The molecule has 1 aliphatic rings. The number of nitrogens with one attached hydrogen (secondary N) is 3. The lowest BCUT2D eigenvalue weighted by Crippen LogP contribution is -2.42. The van der Waals surface area contributed by atoms with Crippen LogP contribution >= 0.6 is 11.8 Å². The maximum Gasteiger partial charge on any atom is 0.243 e. The molecule has 1 aliphatic heterocycles. The predicted molar refractivity (Wildman–Crippen MR) is 120 cm³/mol. The quantitative estimate of drug-likeness (QED) is 0.400. The Morgan fingerprint density at radius 3 is 3.00 bits per heavy atom. The molecule has 1 fully saturated rings. The summed E-state index contributed by atoms with van der Waals surface area (Å²) in [5, 5.41) is 19.3. The van der Waals surface area contributed by atoms with Crippen LogP contribution in [0.2, 0.25) is 0 Å². The van der Waals surface area contributed by atoms with Gasteiger partial charge in [0, 0.05) is 43.2 Å². The normalized spacial score (nSPS) is 17.1. The molecule has 3 aromatic heterocycles. The first-order valence-corrected chi connectivity index (χ1v) is 11.2. The zero-order valence-electron chi connectivity index (χ0n) is 17.3. The van der Waals surface area contributed by atoms with Crippen molar-refractivity contribution in [2.24, 2.45) is 7.05 Å². The van der Waals surface area contributed by atoms with Gasteiger partial charge in [-0.15, -0.1) is 16.9 Å². The van der Waals surface area contributed by atoms with Crippen LogP contribution in [0.15, 0.2) is 35.5 Å². The molecule has 160 valence electrons. The molecule has 0 radical (unpaired) electrons. The summed E-state index contributed by atoms with van der Waals surface area (Å²) in [7, 11) is 1.86. The maximum absolute atomic E-state index is 12.5. The van der Waals surface area contributed by atoms with Gasteiger partial charge in [-0.25, -0.2) is 9.97 Å². The Hall–Kier alpha value is -3.18. The van der Waals surface area contributed by atoms with E-state index in [0.29, 0.717) is 30.5 Å². The van der Waals surface area contributed by atoms with Crippen LogP contribution in [0.1, 0.15) is 6.92 Å².